The summed E-state index contributed by atoms with van der Waals surface area (Å²) in [7, 11) is -3.75. The van der Waals surface area contributed by atoms with Crippen molar-refractivity contribution in [1.82, 2.24) is 10.3 Å². The summed E-state index contributed by atoms with van der Waals surface area (Å²) < 4.78 is 27.1. The van der Waals surface area contributed by atoms with E-state index in [4.69, 9.17) is 0 Å². The molecule has 0 bridgehead atoms. The van der Waals surface area contributed by atoms with Gasteiger partial charge >= 0.3 is 0 Å². The van der Waals surface area contributed by atoms with E-state index in [1.165, 1.54) is 6.20 Å². The fourth-order valence-corrected chi connectivity index (χ4v) is 5.19. The van der Waals surface area contributed by atoms with Gasteiger partial charge in [0.25, 0.3) is 5.91 Å². The van der Waals surface area contributed by atoms with Crippen molar-refractivity contribution in [2.75, 3.05) is 6.54 Å². The van der Waals surface area contributed by atoms with Crippen LogP contribution in [-0.4, -0.2) is 25.9 Å². The zero-order valence-corrected chi connectivity index (χ0v) is 17.5. The van der Waals surface area contributed by atoms with E-state index in [9.17, 15) is 13.2 Å². The van der Waals surface area contributed by atoms with Crippen molar-refractivity contribution in [2.24, 2.45) is 0 Å². The summed E-state index contributed by atoms with van der Waals surface area (Å²) in [6.45, 7) is 5.49. The van der Waals surface area contributed by atoms with Gasteiger partial charge in [-0.2, -0.15) is 0 Å². The maximum atomic E-state index is 13.5. The number of nitrogens with zero attached hydrogens (tertiary/aromatic N) is 1. The Morgan fingerprint density at radius 3 is 2.45 bits per heavy atom. The Morgan fingerprint density at radius 1 is 1.00 bits per heavy atom. The zero-order chi connectivity index (χ0) is 21.0. The minimum absolute atomic E-state index is 0.0474. The Balaban J connectivity index is 1.95. The van der Waals surface area contributed by atoms with Crippen LogP contribution >= 0.6 is 0 Å². The molecule has 1 amide bonds. The van der Waals surface area contributed by atoms with Gasteiger partial charge in [0.1, 0.15) is 5.25 Å². The lowest BCUT2D eigenvalue weighted by molar-refractivity contribution is 0.0953. The van der Waals surface area contributed by atoms with Gasteiger partial charge in [0.15, 0.2) is 9.84 Å². The molecule has 3 rings (SSSR count). The van der Waals surface area contributed by atoms with Crippen molar-refractivity contribution >= 4 is 15.7 Å². The van der Waals surface area contributed by atoms with Crippen LogP contribution in [0.4, 0.5) is 0 Å². The predicted octanol–water partition coefficient (Wildman–Crippen LogP) is 3.95. The number of rotatable bonds is 6. The quantitative estimate of drug-likeness (QED) is 0.670. The van der Waals surface area contributed by atoms with Crippen molar-refractivity contribution in [3.8, 4) is 0 Å². The first kappa shape index (κ1) is 20.7. The molecule has 1 aromatic heterocycles. The van der Waals surface area contributed by atoms with Crippen molar-refractivity contribution in [3.05, 3.63) is 94.8 Å². The normalized spacial score (nSPS) is 12.4. The van der Waals surface area contributed by atoms with E-state index in [1.807, 2.05) is 26.0 Å². The number of aromatic nitrogens is 1. The minimum atomic E-state index is -3.75. The van der Waals surface area contributed by atoms with Crippen LogP contribution in [0.25, 0.3) is 0 Å². The molecule has 0 saturated carbocycles. The zero-order valence-electron chi connectivity index (χ0n) is 16.7. The highest BCUT2D eigenvalue weighted by atomic mass is 32.2. The van der Waals surface area contributed by atoms with Crippen LogP contribution in [0, 0.1) is 20.8 Å². The van der Waals surface area contributed by atoms with Crippen LogP contribution in [0.3, 0.4) is 0 Å². The number of hydrogen-bond donors (Lipinski definition) is 1. The molecule has 0 fully saturated rings. The summed E-state index contributed by atoms with van der Waals surface area (Å²) >= 11 is 0. The molecule has 1 heterocycles. The third-order valence-electron chi connectivity index (χ3n) is 4.81. The first-order valence-electron chi connectivity index (χ1n) is 9.35. The SMILES string of the molecule is Cc1cccc(C(=O)NC[C@@H](c2cccnc2)S(=O)(=O)c2cc(C)ccc2C)c1. The molecule has 1 atom stereocenters. The highest BCUT2D eigenvalue weighted by molar-refractivity contribution is 7.91. The van der Waals surface area contributed by atoms with Gasteiger partial charge in [-0.25, -0.2) is 8.42 Å². The highest BCUT2D eigenvalue weighted by Crippen LogP contribution is 2.30. The lowest BCUT2D eigenvalue weighted by Gasteiger charge is -2.20. The molecule has 3 aromatic rings. The van der Waals surface area contributed by atoms with Crippen molar-refractivity contribution in [2.45, 2.75) is 30.9 Å². The third-order valence-corrected chi connectivity index (χ3v) is 7.05. The van der Waals surface area contributed by atoms with E-state index in [1.54, 1.807) is 55.6 Å². The number of benzene rings is 2. The lowest BCUT2D eigenvalue weighted by atomic mass is 10.1. The van der Waals surface area contributed by atoms with Crippen LogP contribution in [-0.2, 0) is 9.84 Å². The average Bonchev–Trinajstić information content (AvgIpc) is 2.70. The van der Waals surface area contributed by atoms with E-state index < -0.39 is 15.1 Å². The van der Waals surface area contributed by atoms with Gasteiger partial charge in [0.05, 0.1) is 4.90 Å². The molecule has 0 spiro atoms. The second kappa shape index (κ2) is 8.57. The number of carbonyl (C=O) groups excluding carboxylic acids is 1. The molecule has 5 nitrogen and oxygen atoms in total. The number of aryl methyl sites for hydroxylation is 3. The predicted molar refractivity (Wildman–Crippen MR) is 114 cm³/mol. The second-order valence-corrected chi connectivity index (χ2v) is 9.27. The molecule has 150 valence electrons. The molecule has 0 radical (unpaired) electrons. The summed E-state index contributed by atoms with van der Waals surface area (Å²) in [4.78, 5) is 16.9. The van der Waals surface area contributed by atoms with Gasteiger partial charge in [-0.05, 0) is 61.7 Å². The number of hydrogen-bond acceptors (Lipinski definition) is 4. The average molecular weight is 409 g/mol. The van der Waals surface area contributed by atoms with Gasteiger partial charge in [-0.1, -0.05) is 35.9 Å². The summed E-state index contributed by atoms with van der Waals surface area (Å²) in [6, 6.07) is 16.0. The Kier molecular flexibility index (Phi) is 6.13. The molecule has 0 unspecified atom stereocenters. The molecule has 1 N–H and O–H groups in total. The van der Waals surface area contributed by atoms with E-state index in [-0.39, 0.29) is 17.3 Å². The monoisotopic (exact) mass is 408 g/mol. The Hall–Kier alpha value is -2.99. The van der Waals surface area contributed by atoms with E-state index in [0.29, 0.717) is 16.7 Å². The van der Waals surface area contributed by atoms with Crippen LogP contribution in [0.5, 0.6) is 0 Å². The first-order chi connectivity index (χ1) is 13.8. The van der Waals surface area contributed by atoms with Crippen molar-refractivity contribution in [1.29, 1.82) is 0 Å². The number of pyridine rings is 1. The fourth-order valence-electron chi connectivity index (χ4n) is 3.21. The summed E-state index contributed by atoms with van der Waals surface area (Å²) in [5.74, 6) is -0.307. The van der Waals surface area contributed by atoms with Crippen LogP contribution in [0.1, 0.15) is 37.9 Å². The van der Waals surface area contributed by atoms with Crippen LogP contribution < -0.4 is 5.32 Å². The van der Waals surface area contributed by atoms with Gasteiger partial charge in [0.2, 0.25) is 0 Å². The van der Waals surface area contributed by atoms with Gasteiger partial charge < -0.3 is 5.32 Å². The van der Waals surface area contributed by atoms with Gasteiger partial charge in [0, 0.05) is 24.5 Å². The molecule has 0 aliphatic heterocycles. The summed E-state index contributed by atoms with van der Waals surface area (Å²) in [5, 5.41) is 1.85. The molecule has 0 aliphatic carbocycles. The molecule has 0 saturated heterocycles. The standard InChI is InChI=1S/C23H24N2O3S/c1-16-6-4-7-19(12-16)23(26)25-15-22(20-8-5-11-24-14-20)29(27,28)21-13-17(2)9-10-18(21)3/h4-14,22H,15H2,1-3H3,(H,25,26)/t22-/m0/s1. The van der Waals surface area contributed by atoms with Crippen molar-refractivity contribution in [3.63, 3.8) is 0 Å². The summed E-state index contributed by atoms with van der Waals surface area (Å²) in [5.41, 5.74) is 3.54. The molecule has 2 aromatic carbocycles. The molecule has 29 heavy (non-hydrogen) atoms. The molecule has 6 heteroatoms. The number of nitrogens with one attached hydrogen (secondary N) is 1. The minimum Gasteiger partial charge on any atom is -0.350 e. The number of sulfone groups is 1. The van der Waals surface area contributed by atoms with Crippen molar-refractivity contribution < 1.29 is 13.2 Å². The van der Waals surface area contributed by atoms with Crippen LogP contribution in [0.2, 0.25) is 0 Å². The third kappa shape index (κ3) is 4.71. The molecular formula is C23H24N2O3S. The number of amides is 1. The largest absolute Gasteiger partial charge is 0.350 e. The van der Waals surface area contributed by atoms with Crippen LogP contribution in [0.15, 0.2) is 71.9 Å². The van der Waals surface area contributed by atoms with Gasteiger partial charge in [-0.3, -0.25) is 9.78 Å². The van der Waals surface area contributed by atoms with E-state index >= 15 is 0 Å². The van der Waals surface area contributed by atoms with E-state index in [2.05, 4.69) is 10.3 Å². The number of carbonyl (C=O) groups is 1. The fraction of sp³-hybridized carbons (Fsp3) is 0.217. The Morgan fingerprint density at radius 2 is 1.76 bits per heavy atom. The Bertz CT molecular complexity index is 1130. The van der Waals surface area contributed by atoms with Gasteiger partial charge in [-0.15, -0.1) is 0 Å². The second-order valence-electron chi connectivity index (χ2n) is 7.17. The summed E-state index contributed by atoms with van der Waals surface area (Å²) in [6.07, 6.45) is 3.13. The Labute approximate surface area is 171 Å². The van der Waals surface area contributed by atoms with E-state index in [0.717, 1.165) is 11.1 Å². The lowest BCUT2D eigenvalue weighted by Crippen LogP contribution is -2.32. The molecule has 0 aliphatic rings. The topological polar surface area (TPSA) is 76.1 Å². The maximum absolute atomic E-state index is 13.5. The smallest absolute Gasteiger partial charge is 0.251 e. The molecular weight excluding hydrogens is 384 g/mol. The first-order valence-corrected chi connectivity index (χ1v) is 10.9. The maximum Gasteiger partial charge on any atom is 0.251 e. The highest BCUT2D eigenvalue weighted by Gasteiger charge is 2.31.